The van der Waals surface area contributed by atoms with Crippen molar-refractivity contribution in [3.05, 3.63) is 51.7 Å². The molecule has 1 aromatic heterocycles. The number of halogens is 1. The normalized spacial score (nSPS) is 18.8. The lowest BCUT2D eigenvalue weighted by atomic mass is 9.81. The Kier molecular flexibility index (Phi) is 10.5. The van der Waals surface area contributed by atoms with Gasteiger partial charge in [-0.15, -0.1) is 11.3 Å². The molecule has 0 bridgehead atoms. The number of fused-ring (bicyclic) bond motifs is 2. The van der Waals surface area contributed by atoms with Crippen molar-refractivity contribution in [1.82, 2.24) is 15.2 Å². The topological polar surface area (TPSA) is 176 Å². The van der Waals surface area contributed by atoms with Crippen LogP contribution in [0.5, 0.6) is 0 Å². The summed E-state index contributed by atoms with van der Waals surface area (Å²) in [4.78, 5) is 54.4. The fourth-order valence-electron chi connectivity index (χ4n) is 6.01. The molecule has 0 aliphatic carbocycles. The third kappa shape index (κ3) is 7.74. The molecule has 1 saturated heterocycles. The lowest BCUT2D eigenvalue weighted by Gasteiger charge is -2.44. The van der Waals surface area contributed by atoms with E-state index in [1.165, 1.54) is 17.4 Å². The number of piperidine rings is 1. The molecule has 0 saturated carbocycles. The van der Waals surface area contributed by atoms with Gasteiger partial charge in [-0.1, -0.05) is 13.0 Å². The highest BCUT2D eigenvalue weighted by Crippen LogP contribution is 2.45. The van der Waals surface area contributed by atoms with Crippen LogP contribution in [0.15, 0.2) is 29.1 Å². The standard InChI is InChI=1S/C29H36FN3O9S/c1-2-23(33-8-5-29(6-9-33)22-11-19(30)4-3-18(22)15-42-29)21(12-20-16-43-17-32-20)26(37)31-7-10-41-25(36)14-28(40,27(38)39)13-24(34)35/h3-4,11,16-17,21,23,40H,2,5-10,12-15H2,1H3,(H,31,37)(H,34,35)(H,38,39). The molecule has 2 aliphatic heterocycles. The summed E-state index contributed by atoms with van der Waals surface area (Å²) in [6.07, 6.45) is 0.160. The molecule has 3 heterocycles. The number of carboxylic acid groups (broad SMARTS) is 2. The van der Waals surface area contributed by atoms with E-state index in [9.17, 15) is 28.7 Å². The van der Waals surface area contributed by atoms with Gasteiger partial charge in [-0.05, 0) is 42.5 Å². The zero-order valence-corrected chi connectivity index (χ0v) is 24.6. The van der Waals surface area contributed by atoms with Gasteiger partial charge in [0, 0.05) is 30.9 Å². The number of hydrogen-bond donors (Lipinski definition) is 4. The van der Waals surface area contributed by atoms with E-state index < -0.39 is 47.9 Å². The Bertz CT molecular complexity index is 1320. The Morgan fingerprint density at radius 1 is 1.23 bits per heavy atom. The number of nitrogens with zero attached hydrogens (tertiary/aromatic N) is 2. The van der Waals surface area contributed by atoms with Gasteiger partial charge in [-0.25, -0.2) is 14.2 Å². The molecule has 2 aliphatic rings. The molecule has 2 aromatic rings. The first kappa shape index (κ1) is 32.5. The number of aromatic nitrogens is 1. The summed E-state index contributed by atoms with van der Waals surface area (Å²) < 4.78 is 25.2. The van der Waals surface area contributed by atoms with E-state index in [0.29, 0.717) is 45.4 Å². The number of hydrogen-bond acceptors (Lipinski definition) is 10. The second-order valence-electron chi connectivity index (χ2n) is 11.0. The zero-order chi connectivity index (χ0) is 31.2. The fourth-order valence-corrected chi connectivity index (χ4v) is 6.58. The summed E-state index contributed by atoms with van der Waals surface area (Å²) in [6, 6.07) is 4.64. The first-order valence-corrected chi connectivity index (χ1v) is 15.1. The maximum Gasteiger partial charge on any atom is 0.336 e. The number of carboxylic acids is 2. The number of amides is 1. The van der Waals surface area contributed by atoms with Gasteiger partial charge >= 0.3 is 17.9 Å². The Morgan fingerprint density at radius 2 is 1.98 bits per heavy atom. The molecule has 3 unspecified atom stereocenters. The maximum atomic E-state index is 14.1. The van der Waals surface area contributed by atoms with Crippen molar-refractivity contribution < 1.29 is 48.4 Å². The number of rotatable bonds is 14. The van der Waals surface area contributed by atoms with Crippen molar-refractivity contribution >= 4 is 35.2 Å². The molecule has 1 spiro atoms. The summed E-state index contributed by atoms with van der Waals surface area (Å²) >= 11 is 1.43. The molecule has 12 nitrogen and oxygen atoms in total. The van der Waals surface area contributed by atoms with Crippen LogP contribution in [0.3, 0.4) is 0 Å². The van der Waals surface area contributed by atoms with E-state index in [1.807, 2.05) is 12.3 Å². The number of benzene rings is 1. The van der Waals surface area contributed by atoms with Crippen molar-refractivity contribution in [2.75, 3.05) is 26.2 Å². The number of ether oxygens (including phenoxy) is 2. The van der Waals surface area contributed by atoms with E-state index in [4.69, 9.17) is 19.7 Å². The summed E-state index contributed by atoms with van der Waals surface area (Å²) in [5, 5.41) is 32.7. The molecule has 234 valence electrons. The third-order valence-corrected chi connectivity index (χ3v) is 8.85. The second-order valence-corrected chi connectivity index (χ2v) is 11.7. The minimum atomic E-state index is -2.80. The number of aliphatic carboxylic acids is 2. The second kappa shape index (κ2) is 13.9. The Balaban J connectivity index is 1.36. The molecule has 4 rings (SSSR count). The third-order valence-electron chi connectivity index (χ3n) is 8.22. The number of thiazole rings is 1. The molecule has 3 atom stereocenters. The van der Waals surface area contributed by atoms with Crippen molar-refractivity contribution in [3.8, 4) is 0 Å². The van der Waals surface area contributed by atoms with E-state index in [1.54, 1.807) is 17.6 Å². The predicted molar refractivity (Wildman–Crippen MR) is 150 cm³/mol. The summed E-state index contributed by atoms with van der Waals surface area (Å²) in [5.74, 6) is -5.59. The van der Waals surface area contributed by atoms with Gasteiger partial charge < -0.3 is 30.1 Å². The molecule has 0 radical (unpaired) electrons. The van der Waals surface area contributed by atoms with Gasteiger partial charge in [0.05, 0.1) is 48.7 Å². The van der Waals surface area contributed by atoms with Gasteiger partial charge in [0.2, 0.25) is 5.91 Å². The van der Waals surface area contributed by atoms with Crippen LogP contribution in [0.4, 0.5) is 4.39 Å². The molecule has 1 fully saturated rings. The van der Waals surface area contributed by atoms with E-state index in [2.05, 4.69) is 15.2 Å². The molecular weight excluding hydrogens is 585 g/mol. The summed E-state index contributed by atoms with van der Waals surface area (Å²) in [5.41, 5.74) is 1.03. The van der Waals surface area contributed by atoms with Gasteiger partial charge in [-0.3, -0.25) is 19.3 Å². The first-order valence-electron chi connectivity index (χ1n) is 14.1. The van der Waals surface area contributed by atoms with Crippen LogP contribution in [0.25, 0.3) is 0 Å². The lowest BCUT2D eigenvalue weighted by Crippen LogP contribution is -2.53. The van der Waals surface area contributed by atoms with Crippen molar-refractivity contribution in [2.45, 2.75) is 69.3 Å². The van der Waals surface area contributed by atoms with Crippen LogP contribution < -0.4 is 5.32 Å². The van der Waals surface area contributed by atoms with Crippen molar-refractivity contribution in [1.29, 1.82) is 0 Å². The molecular formula is C29H36FN3O9S. The van der Waals surface area contributed by atoms with Crippen LogP contribution >= 0.6 is 11.3 Å². The Labute approximate surface area is 251 Å². The fraction of sp³-hybridized carbons (Fsp3) is 0.552. The summed E-state index contributed by atoms with van der Waals surface area (Å²) in [7, 11) is 0. The number of nitrogens with one attached hydrogen (secondary N) is 1. The van der Waals surface area contributed by atoms with E-state index in [-0.39, 0.29) is 30.9 Å². The number of carbonyl (C=O) groups excluding carboxylic acids is 2. The van der Waals surface area contributed by atoms with E-state index in [0.717, 1.165) is 16.8 Å². The number of carbonyl (C=O) groups is 4. The minimum absolute atomic E-state index is 0.0711. The molecule has 1 aromatic carbocycles. The highest BCUT2D eigenvalue weighted by atomic mass is 32.1. The molecule has 43 heavy (non-hydrogen) atoms. The Hall–Kier alpha value is -3.46. The smallest absolute Gasteiger partial charge is 0.336 e. The number of esters is 1. The summed E-state index contributed by atoms with van der Waals surface area (Å²) in [6.45, 7) is 3.38. The van der Waals surface area contributed by atoms with E-state index >= 15 is 0 Å². The predicted octanol–water partition coefficient (Wildman–Crippen LogP) is 2.08. The number of aliphatic hydroxyl groups is 1. The monoisotopic (exact) mass is 621 g/mol. The van der Waals surface area contributed by atoms with Crippen LogP contribution in [-0.4, -0.2) is 86.9 Å². The van der Waals surface area contributed by atoms with Gasteiger partial charge in [0.15, 0.2) is 5.60 Å². The average molecular weight is 622 g/mol. The molecule has 14 heteroatoms. The lowest BCUT2D eigenvalue weighted by molar-refractivity contribution is -0.171. The number of likely N-dealkylation sites (tertiary alicyclic amines) is 1. The SMILES string of the molecule is CCC(C(Cc1cscn1)C(=O)NCCOC(=O)CC(O)(CC(=O)O)C(=O)O)N1CCC2(CC1)OCc1ccc(F)cc12. The van der Waals surface area contributed by atoms with Gasteiger partial charge in [0.25, 0.3) is 0 Å². The Morgan fingerprint density at radius 3 is 2.60 bits per heavy atom. The molecule has 4 N–H and O–H groups in total. The van der Waals surface area contributed by atoms with Gasteiger partial charge in [-0.2, -0.15) is 0 Å². The van der Waals surface area contributed by atoms with Gasteiger partial charge in [0.1, 0.15) is 12.4 Å². The van der Waals surface area contributed by atoms with Crippen molar-refractivity contribution in [2.24, 2.45) is 5.92 Å². The van der Waals surface area contributed by atoms with Crippen LogP contribution in [0.2, 0.25) is 0 Å². The molecule has 1 amide bonds. The maximum absolute atomic E-state index is 14.1. The zero-order valence-electron chi connectivity index (χ0n) is 23.8. The highest BCUT2D eigenvalue weighted by molar-refractivity contribution is 7.07. The highest BCUT2D eigenvalue weighted by Gasteiger charge is 2.45. The largest absolute Gasteiger partial charge is 0.481 e. The van der Waals surface area contributed by atoms with Crippen LogP contribution in [0, 0.1) is 11.7 Å². The average Bonchev–Trinajstić information content (AvgIpc) is 3.59. The first-order chi connectivity index (χ1) is 20.5. The minimum Gasteiger partial charge on any atom is -0.481 e. The van der Waals surface area contributed by atoms with Crippen LogP contribution in [0.1, 0.15) is 55.8 Å². The quantitative estimate of drug-likeness (QED) is 0.180. The van der Waals surface area contributed by atoms with Crippen molar-refractivity contribution in [3.63, 3.8) is 0 Å². The van der Waals surface area contributed by atoms with Crippen LogP contribution in [-0.2, 0) is 47.3 Å².